The van der Waals surface area contributed by atoms with Crippen LogP contribution in [0, 0.1) is 13.8 Å². The van der Waals surface area contributed by atoms with Gasteiger partial charge in [-0.15, -0.1) is 0 Å². The fourth-order valence-electron chi connectivity index (χ4n) is 1.81. The molecule has 0 heterocycles. The van der Waals surface area contributed by atoms with E-state index in [2.05, 4.69) is 6.58 Å². The highest BCUT2D eigenvalue weighted by Gasteiger charge is 2.33. The minimum absolute atomic E-state index is 0.259. The van der Waals surface area contributed by atoms with Gasteiger partial charge in [0.25, 0.3) is 0 Å². The molecule has 0 aromatic heterocycles. The molecule has 0 aliphatic rings. The van der Waals surface area contributed by atoms with Crippen molar-refractivity contribution in [1.29, 1.82) is 0 Å². The summed E-state index contributed by atoms with van der Waals surface area (Å²) in [6.07, 6.45) is -4.29. The van der Waals surface area contributed by atoms with E-state index in [1.165, 1.54) is 13.0 Å². The van der Waals surface area contributed by atoms with Crippen LogP contribution < -0.4 is 0 Å². The molecule has 0 N–H and O–H groups in total. The summed E-state index contributed by atoms with van der Waals surface area (Å²) in [5, 5.41) is 0. The zero-order valence-electron chi connectivity index (χ0n) is 9.00. The van der Waals surface area contributed by atoms with Gasteiger partial charge in [-0.2, -0.15) is 13.2 Å². The van der Waals surface area contributed by atoms with Gasteiger partial charge in [-0.1, -0.05) is 18.2 Å². The zero-order chi connectivity index (χ0) is 11.8. The van der Waals surface area contributed by atoms with Crippen molar-refractivity contribution in [1.82, 2.24) is 0 Å². The number of aryl methyl sites for hydroxylation is 1. The van der Waals surface area contributed by atoms with E-state index < -0.39 is 11.7 Å². The first kappa shape index (κ1) is 11.8. The lowest BCUT2D eigenvalue weighted by Gasteiger charge is -2.16. The number of benzene rings is 1. The molecule has 0 saturated carbocycles. The van der Waals surface area contributed by atoms with E-state index in [1.807, 2.05) is 0 Å². The lowest BCUT2D eigenvalue weighted by atomic mass is 9.93. The van der Waals surface area contributed by atoms with Crippen molar-refractivity contribution in [2.45, 2.75) is 26.9 Å². The minimum Gasteiger partial charge on any atom is -0.166 e. The monoisotopic (exact) mass is 214 g/mol. The molecule has 0 unspecified atom stereocenters. The van der Waals surface area contributed by atoms with Crippen molar-refractivity contribution < 1.29 is 13.2 Å². The molecule has 1 aromatic rings. The van der Waals surface area contributed by atoms with Crippen molar-refractivity contribution in [3.8, 4) is 0 Å². The van der Waals surface area contributed by atoms with Crippen LogP contribution in [0.25, 0.3) is 5.57 Å². The first-order valence-electron chi connectivity index (χ1n) is 4.58. The number of hydrogen-bond acceptors (Lipinski definition) is 0. The standard InChI is InChI=1S/C12H13F3/c1-7(2)11-8(3)5-6-10(9(11)4)12(13,14)15/h5-6H,1H2,2-4H3. The SMILES string of the molecule is C=C(C)c1c(C)ccc(C(F)(F)F)c1C. The highest BCUT2D eigenvalue weighted by molar-refractivity contribution is 5.68. The molecule has 0 atom stereocenters. The molecule has 0 aliphatic heterocycles. The molecule has 0 amide bonds. The molecule has 3 heteroatoms. The summed E-state index contributed by atoms with van der Waals surface area (Å²) in [5.74, 6) is 0. The van der Waals surface area contributed by atoms with Gasteiger partial charge in [0.15, 0.2) is 0 Å². The molecule has 0 nitrogen and oxygen atoms in total. The number of allylic oxidation sites excluding steroid dienone is 1. The molecule has 15 heavy (non-hydrogen) atoms. The first-order valence-corrected chi connectivity index (χ1v) is 4.58. The number of alkyl halides is 3. The summed E-state index contributed by atoms with van der Waals surface area (Å²) in [6, 6.07) is 2.61. The van der Waals surface area contributed by atoms with Crippen LogP contribution in [0.4, 0.5) is 13.2 Å². The van der Waals surface area contributed by atoms with Crippen LogP contribution in [0.5, 0.6) is 0 Å². The van der Waals surface area contributed by atoms with E-state index in [9.17, 15) is 13.2 Å². The highest BCUT2D eigenvalue weighted by atomic mass is 19.4. The molecule has 0 fully saturated rings. The third-order valence-corrected chi connectivity index (χ3v) is 2.41. The van der Waals surface area contributed by atoms with Gasteiger partial charge in [-0.25, -0.2) is 0 Å². The molecule has 0 saturated heterocycles. The summed E-state index contributed by atoms with van der Waals surface area (Å²) in [5.41, 5.74) is 1.79. The Balaban J connectivity index is 3.49. The second kappa shape index (κ2) is 3.72. The minimum atomic E-state index is -4.29. The van der Waals surface area contributed by atoms with Gasteiger partial charge >= 0.3 is 6.18 Å². The van der Waals surface area contributed by atoms with Crippen LogP contribution in [0.1, 0.15) is 29.2 Å². The Morgan fingerprint density at radius 3 is 2.13 bits per heavy atom. The summed E-state index contributed by atoms with van der Waals surface area (Å²) in [7, 11) is 0. The smallest absolute Gasteiger partial charge is 0.166 e. The third kappa shape index (κ3) is 2.22. The normalized spacial score (nSPS) is 11.6. The van der Waals surface area contributed by atoms with Gasteiger partial charge in [0.2, 0.25) is 0 Å². The molecule has 0 bridgehead atoms. The Morgan fingerprint density at radius 2 is 1.73 bits per heavy atom. The molecule has 82 valence electrons. The van der Waals surface area contributed by atoms with E-state index in [1.54, 1.807) is 13.8 Å². The fraction of sp³-hybridized carbons (Fsp3) is 0.333. The second-order valence-electron chi connectivity index (χ2n) is 3.71. The Bertz CT molecular complexity index is 400. The van der Waals surface area contributed by atoms with E-state index in [-0.39, 0.29) is 5.56 Å². The maximum Gasteiger partial charge on any atom is 0.416 e. The molecule has 0 spiro atoms. The van der Waals surface area contributed by atoms with Crippen LogP contribution in [-0.4, -0.2) is 0 Å². The number of rotatable bonds is 1. The topological polar surface area (TPSA) is 0 Å². The van der Waals surface area contributed by atoms with E-state index in [0.29, 0.717) is 11.1 Å². The quantitative estimate of drug-likeness (QED) is 0.651. The largest absolute Gasteiger partial charge is 0.416 e. The molecule has 0 aliphatic carbocycles. The lowest BCUT2D eigenvalue weighted by molar-refractivity contribution is -0.138. The third-order valence-electron chi connectivity index (χ3n) is 2.41. The second-order valence-corrected chi connectivity index (χ2v) is 3.71. The van der Waals surface area contributed by atoms with E-state index >= 15 is 0 Å². The number of halogens is 3. The molecule has 1 rings (SSSR count). The van der Waals surface area contributed by atoms with Crippen LogP contribution in [0.3, 0.4) is 0 Å². The molecule has 0 radical (unpaired) electrons. The fourth-order valence-corrected chi connectivity index (χ4v) is 1.81. The van der Waals surface area contributed by atoms with Crippen LogP contribution in [0.15, 0.2) is 18.7 Å². The predicted molar refractivity (Wildman–Crippen MR) is 55.6 cm³/mol. The predicted octanol–water partition coefficient (Wildman–Crippen LogP) is 4.36. The maximum atomic E-state index is 12.6. The van der Waals surface area contributed by atoms with Gasteiger partial charge in [0, 0.05) is 0 Å². The molecule has 1 aromatic carbocycles. The van der Waals surface area contributed by atoms with E-state index in [4.69, 9.17) is 0 Å². The van der Waals surface area contributed by atoms with Crippen molar-refractivity contribution in [2.75, 3.05) is 0 Å². The van der Waals surface area contributed by atoms with Gasteiger partial charge in [-0.05, 0) is 43.5 Å². The Kier molecular flexibility index (Phi) is 2.93. The van der Waals surface area contributed by atoms with Gasteiger partial charge in [-0.3, -0.25) is 0 Å². The Labute approximate surface area is 87.4 Å². The average molecular weight is 214 g/mol. The summed E-state index contributed by atoms with van der Waals surface area (Å²) in [4.78, 5) is 0. The van der Waals surface area contributed by atoms with E-state index in [0.717, 1.165) is 11.6 Å². The van der Waals surface area contributed by atoms with Crippen molar-refractivity contribution in [2.24, 2.45) is 0 Å². The van der Waals surface area contributed by atoms with Crippen LogP contribution >= 0.6 is 0 Å². The first-order chi connectivity index (χ1) is 6.75. The number of hydrogen-bond donors (Lipinski definition) is 0. The molecular formula is C12H13F3. The maximum absolute atomic E-state index is 12.6. The van der Waals surface area contributed by atoms with Crippen molar-refractivity contribution >= 4 is 5.57 Å². The molecular weight excluding hydrogens is 201 g/mol. The average Bonchev–Trinajstić information content (AvgIpc) is 2.00. The zero-order valence-corrected chi connectivity index (χ0v) is 9.00. The highest BCUT2D eigenvalue weighted by Crippen LogP contribution is 2.35. The summed E-state index contributed by atoms with van der Waals surface area (Å²) >= 11 is 0. The Hall–Kier alpha value is -1.25. The van der Waals surface area contributed by atoms with Crippen molar-refractivity contribution in [3.63, 3.8) is 0 Å². The lowest BCUT2D eigenvalue weighted by Crippen LogP contribution is -2.09. The van der Waals surface area contributed by atoms with Gasteiger partial charge in [0.1, 0.15) is 0 Å². The van der Waals surface area contributed by atoms with Crippen LogP contribution in [-0.2, 0) is 6.18 Å². The van der Waals surface area contributed by atoms with Gasteiger partial charge < -0.3 is 0 Å². The summed E-state index contributed by atoms with van der Waals surface area (Å²) < 4.78 is 37.8. The van der Waals surface area contributed by atoms with Gasteiger partial charge in [0.05, 0.1) is 5.56 Å². The Morgan fingerprint density at radius 1 is 1.20 bits per heavy atom. The van der Waals surface area contributed by atoms with Crippen molar-refractivity contribution in [3.05, 3.63) is 41.0 Å². The summed E-state index contributed by atoms with van der Waals surface area (Å²) in [6.45, 7) is 8.70. The van der Waals surface area contributed by atoms with Crippen LogP contribution in [0.2, 0.25) is 0 Å².